The highest BCUT2D eigenvalue weighted by atomic mass is 16.5. The van der Waals surface area contributed by atoms with Crippen molar-refractivity contribution in [3.8, 4) is 11.5 Å². The van der Waals surface area contributed by atoms with E-state index in [0.717, 1.165) is 5.56 Å². The second kappa shape index (κ2) is 7.14. The van der Waals surface area contributed by atoms with E-state index in [1.165, 1.54) is 12.5 Å². The number of hydrazone groups is 1. The zero-order valence-corrected chi connectivity index (χ0v) is 11.8. The molecule has 1 aromatic carbocycles. The van der Waals surface area contributed by atoms with Crippen LogP contribution in [-0.2, 0) is 11.2 Å². The predicted molar refractivity (Wildman–Crippen MR) is 77.7 cm³/mol. The molecule has 1 aromatic heterocycles. The largest absolute Gasteiger partial charge is 0.493 e. The molecular formula is C15H16N2O4. The van der Waals surface area contributed by atoms with E-state index in [-0.39, 0.29) is 12.3 Å². The van der Waals surface area contributed by atoms with E-state index in [9.17, 15) is 4.79 Å². The molecule has 0 bridgehead atoms. The minimum Gasteiger partial charge on any atom is -0.493 e. The lowest BCUT2D eigenvalue weighted by molar-refractivity contribution is -0.120. The molecule has 110 valence electrons. The van der Waals surface area contributed by atoms with E-state index in [1.807, 2.05) is 0 Å². The van der Waals surface area contributed by atoms with Gasteiger partial charge in [0.15, 0.2) is 11.5 Å². The van der Waals surface area contributed by atoms with Crippen molar-refractivity contribution in [3.05, 3.63) is 47.9 Å². The molecule has 0 saturated heterocycles. The van der Waals surface area contributed by atoms with Gasteiger partial charge in [-0.1, -0.05) is 6.07 Å². The standard InChI is InChI=1S/C15H16N2O4/c1-19-13-6-5-11(8-14(13)20-2)9-15(18)17-16-10-12-4-3-7-21-12/h3-8,10H,9H2,1-2H3,(H,17,18)/b16-10-. The van der Waals surface area contributed by atoms with Gasteiger partial charge in [-0.25, -0.2) is 5.43 Å². The molecule has 1 N–H and O–H groups in total. The van der Waals surface area contributed by atoms with Crippen LogP contribution < -0.4 is 14.9 Å². The van der Waals surface area contributed by atoms with Crippen molar-refractivity contribution in [2.24, 2.45) is 5.10 Å². The van der Waals surface area contributed by atoms with Gasteiger partial charge in [0.1, 0.15) is 5.76 Å². The van der Waals surface area contributed by atoms with Gasteiger partial charge in [0, 0.05) is 0 Å². The number of methoxy groups -OCH3 is 2. The van der Waals surface area contributed by atoms with Gasteiger partial charge >= 0.3 is 0 Å². The quantitative estimate of drug-likeness (QED) is 0.651. The van der Waals surface area contributed by atoms with Crippen molar-refractivity contribution in [1.29, 1.82) is 0 Å². The van der Waals surface area contributed by atoms with Crippen molar-refractivity contribution in [3.63, 3.8) is 0 Å². The molecule has 6 nitrogen and oxygen atoms in total. The number of rotatable bonds is 6. The van der Waals surface area contributed by atoms with Gasteiger partial charge in [-0.05, 0) is 29.8 Å². The lowest BCUT2D eigenvalue weighted by Crippen LogP contribution is -2.19. The average molecular weight is 288 g/mol. The molecule has 0 aliphatic rings. The van der Waals surface area contributed by atoms with Gasteiger partial charge in [0.25, 0.3) is 0 Å². The van der Waals surface area contributed by atoms with Crippen LogP contribution in [0.5, 0.6) is 11.5 Å². The van der Waals surface area contributed by atoms with E-state index in [1.54, 1.807) is 44.6 Å². The van der Waals surface area contributed by atoms with Crippen LogP contribution in [0.3, 0.4) is 0 Å². The fourth-order valence-electron chi connectivity index (χ4n) is 1.75. The SMILES string of the molecule is COc1ccc(CC(=O)N/N=C\c2ccco2)cc1OC. The number of furan rings is 1. The summed E-state index contributed by atoms with van der Waals surface area (Å²) in [5, 5.41) is 3.81. The summed E-state index contributed by atoms with van der Waals surface area (Å²) in [6.07, 6.45) is 3.16. The van der Waals surface area contributed by atoms with Crippen LogP contribution in [-0.4, -0.2) is 26.3 Å². The van der Waals surface area contributed by atoms with E-state index >= 15 is 0 Å². The fraction of sp³-hybridized carbons (Fsp3) is 0.200. The van der Waals surface area contributed by atoms with Crippen molar-refractivity contribution in [2.45, 2.75) is 6.42 Å². The molecule has 6 heteroatoms. The Bertz CT molecular complexity index is 621. The molecule has 1 amide bonds. The zero-order valence-electron chi connectivity index (χ0n) is 11.8. The Morgan fingerprint density at radius 3 is 2.76 bits per heavy atom. The Labute approximate surface area is 122 Å². The number of benzene rings is 1. The maximum atomic E-state index is 11.8. The number of ether oxygens (including phenoxy) is 2. The maximum Gasteiger partial charge on any atom is 0.244 e. The van der Waals surface area contributed by atoms with Gasteiger partial charge in [0.05, 0.1) is 33.1 Å². The van der Waals surface area contributed by atoms with Crippen LogP contribution in [0.2, 0.25) is 0 Å². The highest BCUT2D eigenvalue weighted by molar-refractivity contribution is 5.81. The van der Waals surface area contributed by atoms with E-state index in [2.05, 4.69) is 10.5 Å². The van der Waals surface area contributed by atoms with Crippen LogP contribution in [0.1, 0.15) is 11.3 Å². The van der Waals surface area contributed by atoms with Crippen LogP contribution in [0, 0.1) is 0 Å². The summed E-state index contributed by atoms with van der Waals surface area (Å²) in [6, 6.07) is 8.80. The normalized spacial score (nSPS) is 10.6. The summed E-state index contributed by atoms with van der Waals surface area (Å²) in [6.45, 7) is 0. The number of nitrogens with zero attached hydrogens (tertiary/aromatic N) is 1. The molecule has 0 atom stereocenters. The highest BCUT2D eigenvalue weighted by Crippen LogP contribution is 2.27. The third-order valence-corrected chi connectivity index (χ3v) is 2.74. The van der Waals surface area contributed by atoms with Crippen LogP contribution in [0.4, 0.5) is 0 Å². The molecule has 0 radical (unpaired) electrons. The van der Waals surface area contributed by atoms with Crippen LogP contribution >= 0.6 is 0 Å². The number of amides is 1. The van der Waals surface area contributed by atoms with Crippen molar-refractivity contribution < 1.29 is 18.7 Å². The van der Waals surface area contributed by atoms with E-state index in [0.29, 0.717) is 17.3 Å². The Kier molecular flexibility index (Phi) is 4.98. The number of hydrogen-bond donors (Lipinski definition) is 1. The smallest absolute Gasteiger partial charge is 0.244 e. The molecule has 0 spiro atoms. The first-order valence-electron chi connectivity index (χ1n) is 6.29. The van der Waals surface area contributed by atoms with Crippen LogP contribution in [0.15, 0.2) is 46.1 Å². The fourth-order valence-corrected chi connectivity index (χ4v) is 1.75. The number of nitrogens with one attached hydrogen (secondary N) is 1. The Morgan fingerprint density at radius 1 is 1.29 bits per heavy atom. The van der Waals surface area contributed by atoms with Gasteiger partial charge in [0.2, 0.25) is 5.91 Å². The Hall–Kier alpha value is -2.76. The first-order chi connectivity index (χ1) is 10.2. The molecule has 0 aliphatic heterocycles. The summed E-state index contributed by atoms with van der Waals surface area (Å²) in [7, 11) is 3.11. The zero-order chi connectivity index (χ0) is 15.1. The van der Waals surface area contributed by atoms with E-state index in [4.69, 9.17) is 13.9 Å². The van der Waals surface area contributed by atoms with Gasteiger partial charge < -0.3 is 13.9 Å². The molecule has 2 aromatic rings. The first kappa shape index (κ1) is 14.6. The first-order valence-corrected chi connectivity index (χ1v) is 6.29. The molecule has 0 saturated carbocycles. The second-order valence-corrected chi connectivity index (χ2v) is 4.17. The lowest BCUT2D eigenvalue weighted by atomic mass is 10.1. The van der Waals surface area contributed by atoms with Gasteiger partial charge in [-0.2, -0.15) is 5.10 Å². The Balaban J connectivity index is 1.93. The molecule has 0 fully saturated rings. The summed E-state index contributed by atoms with van der Waals surface area (Å²) in [5.74, 6) is 1.55. The highest BCUT2D eigenvalue weighted by Gasteiger charge is 2.07. The summed E-state index contributed by atoms with van der Waals surface area (Å²) in [4.78, 5) is 11.8. The number of carbonyl (C=O) groups is 1. The van der Waals surface area contributed by atoms with Gasteiger partial charge in [-0.3, -0.25) is 4.79 Å². The van der Waals surface area contributed by atoms with Crippen molar-refractivity contribution in [2.75, 3.05) is 14.2 Å². The van der Waals surface area contributed by atoms with Gasteiger partial charge in [-0.15, -0.1) is 0 Å². The third kappa shape index (κ3) is 4.10. The number of hydrogen-bond acceptors (Lipinski definition) is 5. The summed E-state index contributed by atoms with van der Waals surface area (Å²) in [5.41, 5.74) is 3.24. The van der Waals surface area contributed by atoms with Crippen LogP contribution in [0.25, 0.3) is 0 Å². The van der Waals surface area contributed by atoms with Crippen molar-refractivity contribution >= 4 is 12.1 Å². The monoisotopic (exact) mass is 288 g/mol. The molecule has 21 heavy (non-hydrogen) atoms. The minimum atomic E-state index is -0.231. The van der Waals surface area contributed by atoms with Crippen molar-refractivity contribution in [1.82, 2.24) is 5.43 Å². The molecule has 2 rings (SSSR count). The number of carbonyl (C=O) groups excluding carboxylic acids is 1. The van der Waals surface area contributed by atoms with E-state index < -0.39 is 0 Å². The molecule has 0 unspecified atom stereocenters. The summed E-state index contributed by atoms with van der Waals surface area (Å²) >= 11 is 0. The maximum absolute atomic E-state index is 11.8. The second-order valence-electron chi connectivity index (χ2n) is 4.17. The average Bonchev–Trinajstić information content (AvgIpc) is 3.00. The minimum absolute atomic E-state index is 0.190. The Morgan fingerprint density at radius 2 is 2.10 bits per heavy atom. The molecule has 1 heterocycles. The lowest BCUT2D eigenvalue weighted by Gasteiger charge is -2.09. The molecule has 0 aliphatic carbocycles. The topological polar surface area (TPSA) is 73.1 Å². The predicted octanol–water partition coefficient (Wildman–Crippen LogP) is 1.99. The summed E-state index contributed by atoms with van der Waals surface area (Å²) < 4.78 is 15.4. The molecular weight excluding hydrogens is 272 g/mol. The third-order valence-electron chi connectivity index (χ3n) is 2.74.